The van der Waals surface area contributed by atoms with E-state index in [1.54, 1.807) is 0 Å². The van der Waals surface area contributed by atoms with Crippen LogP contribution in [0.25, 0.3) is 0 Å². The first-order chi connectivity index (χ1) is 19.5. The Balaban J connectivity index is 1.37. The van der Waals surface area contributed by atoms with Crippen LogP contribution < -0.4 is 0 Å². The van der Waals surface area contributed by atoms with Crippen LogP contribution in [0.1, 0.15) is 35.1 Å². The molecule has 0 atom stereocenters. The van der Waals surface area contributed by atoms with Crippen molar-refractivity contribution in [3.63, 3.8) is 0 Å². The van der Waals surface area contributed by atoms with Crippen molar-refractivity contribution in [3.05, 3.63) is 144 Å². The molecule has 0 aliphatic carbocycles. The highest BCUT2D eigenvalue weighted by atomic mass is 16.5. The molecule has 4 aromatic carbocycles. The maximum Gasteiger partial charge on any atom is 0.318 e. The molecule has 0 aromatic heterocycles. The number of ether oxygens (including phenoxy) is 2. The Morgan fingerprint density at radius 1 is 0.450 bits per heavy atom. The fourth-order valence-corrected chi connectivity index (χ4v) is 5.28. The van der Waals surface area contributed by atoms with E-state index in [0.717, 1.165) is 0 Å². The number of aliphatic carboxylic acids is 2. The van der Waals surface area contributed by atoms with Gasteiger partial charge in [-0.1, -0.05) is 121 Å². The molecule has 0 spiro atoms. The summed E-state index contributed by atoms with van der Waals surface area (Å²) >= 11 is 0. The van der Waals surface area contributed by atoms with Gasteiger partial charge in [0.25, 0.3) is 0 Å². The maximum atomic E-state index is 12.7. The van der Waals surface area contributed by atoms with Crippen LogP contribution in [-0.4, -0.2) is 48.6 Å². The van der Waals surface area contributed by atoms with Gasteiger partial charge in [0.2, 0.25) is 0 Å². The van der Waals surface area contributed by atoms with Gasteiger partial charge in [-0.25, -0.2) is 0 Å². The van der Waals surface area contributed by atoms with Crippen LogP contribution in [0.15, 0.2) is 121 Å². The van der Waals surface area contributed by atoms with E-state index in [1.165, 1.54) is 0 Å². The largest absolute Gasteiger partial charge is 0.480 e. The predicted molar refractivity (Wildman–Crippen MR) is 153 cm³/mol. The minimum Gasteiger partial charge on any atom is -0.480 e. The van der Waals surface area contributed by atoms with Crippen LogP contribution in [-0.2, 0) is 29.9 Å². The van der Waals surface area contributed by atoms with Gasteiger partial charge in [0.1, 0.15) is 10.8 Å². The van der Waals surface area contributed by atoms with Crippen molar-refractivity contribution in [2.24, 2.45) is 0 Å². The van der Waals surface area contributed by atoms with E-state index in [2.05, 4.69) is 0 Å². The molecule has 0 amide bonds. The Kier molecular flexibility index (Phi) is 9.84. The van der Waals surface area contributed by atoms with Crippen LogP contribution in [0.4, 0.5) is 0 Å². The quantitative estimate of drug-likeness (QED) is 0.182. The van der Waals surface area contributed by atoms with Crippen molar-refractivity contribution in [1.29, 1.82) is 0 Å². The van der Waals surface area contributed by atoms with Crippen LogP contribution in [0.3, 0.4) is 0 Å². The summed E-state index contributed by atoms with van der Waals surface area (Å²) in [4.78, 5) is 25.4. The average molecular weight is 539 g/mol. The zero-order valence-electron chi connectivity index (χ0n) is 22.3. The molecule has 0 heterocycles. The Morgan fingerprint density at radius 3 is 0.925 bits per heavy atom. The third-order valence-electron chi connectivity index (χ3n) is 7.41. The van der Waals surface area contributed by atoms with Crippen molar-refractivity contribution in [1.82, 2.24) is 0 Å². The molecule has 0 fully saturated rings. The van der Waals surface area contributed by atoms with Gasteiger partial charge >= 0.3 is 11.9 Å². The Labute approximate surface area is 234 Å². The first-order valence-corrected chi connectivity index (χ1v) is 13.4. The first kappa shape index (κ1) is 28.7. The van der Waals surface area contributed by atoms with E-state index in [9.17, 15) is 19.8 Å². The highest BCUT2D eigenvalue weighted by molar-refractivity contribution is 5.86. The van der Waals surface area contributed by atoms with Crippen molar-refractivity contribution >= 4 is 11.9 Å². The molecule has 2 N–H and O–H groups in total. The highest BCUT2D eigenvalue weighted by Gasteiger charge is 2.43. The van der Waals surface area contributed by atoms with E-state index in [-0.39, 0.29) is 39.3 Å². The molecular formula is C34H34O6. The third kappa shape index (κ3) is 6.14. The molecule has 0 unspecified atom stereocenters. The third-order valence-corrected chi connectivity index (χ3v) is 7.41. The van der Waals surface area contributed by atoms with Gasteiger partial charge in [-0.05, 0) is 35.1 Å². The summed E-state index contributed by atoms with van der Waals surface area (Å²) in [6, 6.07) is 36.8. The topological polar surface area (TPSA) is 93.1 Å². The van der Waals surface area contributed by atoms with E-state index in [0.29, 0.717) is 22.3 Å². The fourth-order valence-electron chi connectivity index (χ4n) is 5.28. The Hall–Kier alpha value is -4.26. The molecule has 0 saturated heterocycles. The van der Waals surface area contributed by atoms with Crippen LogP contribution >= 0.6 is 0 Å². The molecule has 0 saturated carbocycles. The number of benzene rings is 4. The molecule has 40 heavy (non-hydrogen) atoms. The van der Waals surface area contributed by atoms with E-state index >= 15 is 0 Å². The van der Waals surface area contributed by atoms with Crippen molar-refractivity contribution in [3.8, 4) is 0 Å². The number of hydrogen-bond donors (Lipinski definition) is 2. The summed E-state index contributed by atoms with van der Waals surface area (Å²) in [5.41, 5.74) is 0.299. The van der Waals surface area contributed by atoms with E-state index in [4.69, 9.17) is 9.47 Å². The monoisotopic (exact) mass is 538 g/mol. The molecule has 0 aliphatic heterocycles. The molecule has 4 aromatic rings. The summed E-state index contributed by atoms with van der Waals surface area (Å²) in [6.07, 6.45) is 0.501. The van der Waals surface area contributed by atoms with Gasteiger partial charge in [-0.2, -0.15) is 0 Å². The lowest BCUT2D eigenvalue weighted by Crippen LogP contribution is -2.38. The number of hydrogen-bond acceptors (Lipinski definition) is 4. The van der Waals surface area contributed by atoms with Gasteiger partial charge in [0, 0.05) is 13.2 Å². The number of carbonyl (C=O) groups is 2. The highest BCUT2D eigenvalue weighted by Crippen LogP contribution is 2.37. The SMILES string of the molecule is O=C(O)C(CCOCCOCCC(C(=O)O)(c1ccccc1)c1ccccc1)(c1ccccc1)c1ccccc1. The fraction of sp³-hybridized carbons (Fsp3) is 0.235. The van der Waals surface area contributed by atoms with Crippen molar-refractivity contribution < 1.29 is 29.3 Å². The lowest BCUT2D eigenvalue weighted by molar-refractivity contribution is -0.144. The molecule has 0 aliphatic rings. The van der Waals surface area contributed by atoms with Gasteiger partial charge in [-0.15, -0.1) is 0 Å². The van der Waals surface area contributed by atoms with Crippen LogP contribution in [0.2, 0.25) is 0 Å². The molecule has 206 valence electrons. The van der Waals surface area contributed by atoms with E-state index in [1.807, 2.05) is 121 Å². The summed E-state index contributed by atoms with van der Waals surface area (Å²) in [6.45, 7) is 0.950. The lowest BCUT2D eigenvalue weighted by Gasteiger charge is -2.31. The summed E-state index contributed by atoms with van der Waals surface area (Å²) < 4.78 is 11.7. The Bertz CT molecular complexity index is 1150. The molecule has 6 heteroatoms. The second-order valence-electron chi connectivity index (χ2n) is 9.61. The summed E-state index contributed by atoms with van der Waals surface area (Å²) in [7, 11) is 0. The predicted octanol–water partition coefficient (Wildman–Crippen LogP) is 5.94. The van der Waals surface area contributed by atoms with Gasteiger partial charge in [0.05, 0.1) is 13.2 Å². The van der Waals surface area contributed by atoms with Crippen molar-refractivity contribution in [2.45, 2.75) is 23.7 Å². The zero-order valence-corrected chi connectivity index (χ0v) is 22.3. The van der Waals surface area contributed by atoms with Gasteiger partial charge in [-0.3, -0.25) is 9.59 Å². The maximum absolute atomic E-state index is 12.7. The molecular weight excluding hydrogens is 504 g/mol. The first-order valence-electron chi connectivity index (χ1n) is 13.4. The average Bonchev–Trinajstić information content (AvgIpc) is 3.00. The smallest absolute Gasteiger partial charge is 0.318 e. The van der Waals surface area contributed by atoms with Crippen LogP contribution in [0, 0.1) is 0 Å². The zero-order chi connectivity index (χ0) is 28.3. The second-order valence-corrected chi connectivity index (χ2v) is 9.61. The normalized spacial score (nSPS) is 11.7. The molecule has 0 bridgehead atoms. The van der Waals surface area contributed by atoms with Gasteiger partial charge in [0.15, 0.2) is 0 Å². The van der Waals surface area contributed by atoms with E-state index < -0.39 is 22.8 Å². The number of carboxylic acids is 2. The number of carboxylic acid groups (broad SMARTS) is 2. The van der Waals surface area contributed by atoms with Gasteiger partial charge < -0.3 is 19.7 Å². The molecule has 6 nitrogen and oxygen atoms in total. The minimum absolute atomic E-state index is 0.215. The molecule has 4 rings (SSSR count). The summed E-state index contributed by atoms with van der Waals surface area (Å²) in [5, 5.41) is 20.8. The summed E-state index contributed by atoms with van der Waals surface area (Å²) in [5.74, 6) is -1.87. The standard InChI is InChI=1S/C34H34O6/c35-31(36)33(27-13-5-1-6-14-27,28-15-7-2-8-16-28)21-23-39-25-26-40-24-22-34(32(37)38,29-17-9-3-10-18-29)30-19-11-4-12-20-30/h1-20H,21-26H2,(H,35,36)(H,37,38). The Morgan fingerprint density at radius 2 is 0.700 bits per heavy atom. The lowest BCUT2D eigenvalue weighted by atomic mass is 9.72. The number of rotatable bonds is 15. The van der Waals surface area contributed by atoms with Crippen molar-refractivity contribution in [2.75, 3.05) is 26.4 Å². The second kappa shape index (κ2) is 13.7. The molecule has 0 radical (unpaired) electrons. The minimum atomic E-state index is -1.24. The van der Waals surface area contributed by atoms with Crippen LogP contribution in [0.5, 0.6) is 0 Å².